The Morgan fingerprint density at radius 3 is 2.88 bits per heavy atom. The summed E-state index contributed by atoms with van der Waals surface area (Å²) in [5.74, 6) is -0.488. The van der Waals surface area contributed by atoms with Gasteiger partial charge in [-0.05, 0) is 12.1 Å². The van der Waals surface area contributed by atoms with Gasteiger partial charge in [-0.15, -0.1) is 17.9 Å². The van der Waals surface area contributed by atoms with Gasteiger partial charge in [0.25, 0.3) is 11.8 Å². The van der Waals surface area contributed by atoms with Crippen molar-refractivity contribution in [3.8, 4) is 11.8 Å². The second-order valence-electron chi connectivity index (χ2n) is 4.88. The summed E-state index contributed by atoms with van der Waals surface area (Å²) < 4.78 is 5.52. The summed E-state index contributed by atoms with van der Waals surface area (Å²) in [4.78, 5) is 27.8. The average Bonchev–Trinajstić information content (AvgIpc) is 3.16. The molecular formula is C18H16N4O3S. The number of nitriles is 1. The normalized spacial score (nSPS) is 10.5. The van der Waals surface area contributed by atoms with E-state index in [-0.39, 0.29) is 24.6 Å². The average molecular weight is 368 g/mol. The Bertz CT molecular complexity index is 854. The van der Waals surface area contributed by atoms with Gasteiger partial charge >= 0.3 is 0 Å². The molecule has 0 fully saturated rings. The smallest absolute Gasteiger partial charge is 0.264 e. The minimum absolute atomic E-state index is 0.0739. The Morgan fingerprint density at radius 1 is 1.38 bits per heavy atom. The molecule has 0 aliphatic heterocycles. The van der Waals surface area contributed by atoms with Crippen molar-refractivity contribution in [3.63, 3.8) is 0 Å². The summed E-state index contributed by atoms with van der Waals surface area (Å²) in [5.41, 5.74) is 0.440. The number of anilines is 1. The van der Waals surface area contributed by atoms with E-state index in [0.717, 1.165) is 0 Å². The summed E-state index contributed by atoms with van der Waals surface area (Å²) in [7, 11) is 0. The molecule has 0 unspecified atom stereocenters. The van der Waals surface area contributed by atoms with E-state index in [9.17, 15) is 14.9 Å². The van der Waals surface area contributed by atoms with E-state index in [1.165, 1.54) is 23.5 Å². The fraction of sp³-hybridized carbons (Fsp3) is 0.111. The highest BCUT2D eigenvalue weighted by Crippen LogP contribution is 2.21. The van der Waals surface area contributed by atoms with Crippen LogP contribution in [0.5, 0.6) is 5.75 Å². The van der Waals surface area contributed by atoms with Gasteiger partial charge < -0.3 is 10.1 Å². The lowest BCUT2D eigenvalue weighted by Crippen LogP contribution is -2.24. The van der Waals surface area contributed by atoms with Gasteiger partial charge in [0.2, 0.25) is 0 Å². The first-order chi connectivity index (χ1) is 12.6. The topological polar surface area (TPSA) is 104 Å². The van der Waals surface area contributed by atoms with Crippen molar-refractivity contribution in [1.82, 2.24) is 10.3 Å². The van der Waals surface area contributed by atoms with Crippen molar-refractivity contribution in [2.45, 2.75) is 0 Å². The van der Waals surface area contributed by atoms with Crippen LogP contribution in [0.25, 0.3) is 6.08 Å². The first-order valence-electron chi connectivity index (χ1n) is 7.56. The number of nitrogens with one attached hydrogen (secondary N) is 2. The monoisotopic (exact) mass is 368 g/mol. The van der Waals surface area contributed by atoms with Crippen LogP contribution in [0, 0.1) is 11.3 Å². The number of para-hydroxylation sites is 1. The first kappa shape index (κ1) is 18.9. The van der Waals surface area contributed by atoms with Crippen molar-refractivity contribution in [2.24, 2.45) is 0 Å². The van der Waals surface area contributed by atoms with Crippen molar-refractivity contribution in [2.75, 3.05) is 18.5 Å². The number of thiazole rings is 1. The molecule has 0 spiro atoms. The van der Waals surface area contributed by atoms with Gasteiger partial charge in [-0.3, -0.25) is 14.9 Å². The largest absolute Gasteiger partial charge is 0.483 e. The highest BCUT2D eigenvalue weighted by Gasteiger charge is 2.11. The third-order valence-corrected chi connectivity index (χ3v) is 3.72. The molecule has 2 amide bonds. The van der Waals surface area contributed by atoms with Crippen LogP contribution in [-0.4, -0.2) is 29.9 Å². The quantitative estimate of drug-likeness (QED) is 0.423. The summed E-state index contributed by atoms with van der Waals surface area (Å²) in [6.45, 7) is 3.53. The molecule has 0 radical (unpaired) electrons. The van der Waals surface area contributed by atoms with Crippen LogP contribution in [-0.2, 0) is 9.59 Å². The number of ether oxygens (including phenoxy) is 1. The van der Waals surface area contributed by atoms with Crippen molar-refractivity contribution < 1.29 is 14.3 Å². The molecule has 1 aromatic carbocycles. The number of rotatable bonds is 8. The third-order valence-electron chi connectivity index (χ3n) is 3.03. The van der Waals surface area contributed by atoms with Gasteiger partial charge in [-0.2, -0.15) is 5.26 Å². The van der Waals surface area contributed by atoms with Crippen LogP contribution in [0.4, 0.5) is 5.13 Å². The molecule has 2 rings (SSSR count). The standard InChI is InChI=1S/C18H16N4O3S/c1-2-7-20-17(24)14(11-19)10-13-5-3-4-6-15(13)25-12-16(23)22-18-21-8-9-26-18/h2-6,8-10H,1,7,12H2,(H,20,24)(H,21,22,23)/b14-10+. The Morgan fingerprint density at radius 2 is 2.19 bits per heavy atom. The summed E-state index contributed by atoms with van der Waals surface area (Å²) >= 11 is 1.30. The minimum atomic E-state index is -0.510. The lowest BCUT2D eigenvalue weighted by molar-refractivity contribution is -0.118. The second kappa shape index (κ2) is 9.76. The molecular weight excluding hydrogens is 352 g/mol. The maximum Gasteiger partial charge on any atom is 0.264 e. The number of aromatic nitrogens is 1. The molecule has 132 valence electrons. The second-order valence-corrected chi connectivity index (χ2v) is 5.78. The Balaban J connectivity index is 2.07. The summed E-state index contributed by atoms with van der Waals surface area (Å²) in [6.07, 6.45) is 4.51. The maximum absolute atomic E-state index is 11.9. The zero-order valence-electron chi connectivity index (χ0n) is 13.8. The van der Waals surface area contributed by atoms with E-state index in [2.05, 4.69) is 22.2 Å². The maximum atomic E-state index is 11.9. The van der Waals surface area contributed by atoms with Crippen molar-refractivity contribution in [1.29, 1.82) is 5.26 Å². The molecule has 1 aromatic heterocycles. The molecule has 2 aromatic rings. The Kier molecular flexibility index (Phi) is 7.09. The molecule has 0 aliphatic rings. The van der Waals surface area contributed by atoms with E-state index in [0.29, 0.717) is 16.4 Å². The number of carbonyl (C=O) groups is 2. The molecule has 1 heterocycles. The van der Waals surface area contributed by atoms with E-state index in [1.54, 1.807) is 35.8 Å². The number of hydrogen-bond donors (Lipinski definition) is 2. The molecule has 8 heteroatoms. The lowest BCUT2D eigenvalue weighted by atomic mass is 10.1. The number of benzene rings is 1. The predicted octanol–water partition coefficient (Wildman–Crippen LogP) is 2.37. The Hall–Kier alpha value is -3.44. The van der Waals surface area contributed by atoms with Crippen LogP contribution in [0.2, 0.25) is 0 Å². The minimum Gasteiger partial charge on any atom is -0.483 e. The summed E-state index contributed by atoms with van der Waals surface area (Å²) in [6, 6.07) is 8.67. The zero-order chi connectivity index (χ0) is 18.8. The van der Waals surface area contributed by atoms with Gasteiger partial charge in [-0.25, -0.2) is 4.98 Å². The first-order valence-corrected chi connectivity index (χ1v) is 8.44. The Labute approximate surface area is 154 Å². The number of hydrogen-bond acceptors (Lipinski definition) is 6. The number of nitrogens with zero attached hydrogens (tertiary/aromatic N) is 2. The van der Waals surface area contributed by atoms with Crippen LogP contribution >= 0.6 is 11.3 Å². The van der Waals surface area contributed by atoms with Gasteiger partial charge in [-0.1, -0.05) is 24.3 Å². The van der Waals surface area contributed by atoms with E-state index in [4.69, 9.17) is 4.74 Å². The number of amides is 2. The van der Waals surface area contributed by atoms with Gasteiger partial charge in [0, 0.05) is 23.7 Å². The molecule has 26 heavy (non-hydrogen) atoms. The molecule has 2 N–H and O–H groups in total. The number of carbonyl (C=O) groups excluding carboxylic acids is 2. The fourth-order valence-electron chi connectivity index (χ4n) is 1.88. The third kappa shape index (κ3) is 5.58. The van der Waals surface area contributed by atoms with Gasteiger partial charge in [0.1, 0.15) is 17.4 Å². The van der Waals surface area contributed by atoms with Crippen molar-refractivity contribution >= 4 is 34.4 Å². The molecule has 0 aliphatic carbocycles. The fourth-order valence-corrected chi connectivity index (χ4v) is 2.42. The molecule has 0 bridgehead atoms. The highest BCUT2D eigenvalue weighted by atomic mass is 32.1. The van der Waals surface area contributed by atoms with E-state index in [1.807, 2.05) is 6.07 Å². The van der Waals surface area contributed by atoms with Gasteiger partial charge in [0.05, 0.1) is 0 Å². The predicted molar refractivity (Wildman–Crippen MR) is 99.5 cm³/mol. The highest BCUT2D eigenvalue weighted by molar-refractivity contribution is 7.13. The molecule has 7 nitrogen and oxygen atoms in total. The van der Waals surface area contributed by atoms with Crippen molar-refractivity contribution in [3.05, 3.63) is 59.6 Å². The van der Waals surface area contributed by atoms with E-state index < -0.39 is 5.91 Å². The van der Waals surface area contributed by atoms with E-state index >= 15 is 0 Å². The van der Waals surface area contributed by atoms with Crippen LogP contribution in [0.15, 0.2) is 54.1 Å². The van der Waals surface area contributed by atoms with Crippen LogP contribution < -0.4 is 15.4 Å². The molecule has 0 saturated carbocycles. The lowest BCUT2D eigenvalue weighted by Gasteiger charge is -2.09. The molecule has 0 atom stereocenters. The van der Waals surface area contributed by atoms with Crippen LogP contribution in [0.1, 0.15) is 5.56 Å². The zero-order valence-corrected chi connectivity index (χ0v) is 14.6. The van der Waals surface area contributed by atoms with Gasteiger partial charge in [0.15, 0.2) is 11.7 Å². The summed E-state index contributed by atoms with van der Waals surface area (Å²) in [5, 5.41) is 16.6. The SMILES string of the molecule is C=CCNC(=O)/C(C#N)=C/c1ccccc1OCC(=O)Nc1nccs1. The van der Waals surface area contributed by atoms with Crippen LogP contribution in [0.3, 0.4) is 0 Å². The molecule has 0 saturated heterocycles.